The van der Waals surface area contributed by atoms with E-state index in [1.807, 2.05) is 30.0 Å². The highest BCUT2D eigenvalue weighted by atomic mass is 35.5. The molecule has 33 heavy (non-hydrogen) atoms. The van der Waals surface area contributed by atoms with Gasteiger partial charge in [-0.3, -0.25) is 9.59 Å². The zero-order valence-electron chi connectivity index (χ0n) is 19.8. The molecule has 0 saturated heterocycles. The van der Waals surface area contributed by atoms with E-state index in [0.717, 1.165) is 29.7 Å². The lowest BCUT2D eigenvalue weighted by atomic mass is 10.00. The van der Waals surface area contributed by atoms with Crippen LogP contribution in [0.25, 0.3) is 0 Å². The van der Waals surface area contributed by atoms with Gasteiger partial charge in [0.2, 0.25) is 11.8 Å². The molecule has 6 nitrogen and oxygen atoms in total. The third-order valence-corrected chi connectivity index (χ3v) is 7.55. The first kappa shape index (κ1) is 25.5. The van der Waals surface area contributed by atoms with Gasteiger partial charge in [0.15, 0.2) is 0 Å². The molecule has 0 unspecified atom stereocenters. The fourth-order valence-electron chi connectivity index (χ4n) is 3.99. The van der Waals surface area contributed by atoms with E-state index in [-0.39, 0.29) is 31.0 Å². The predicted molar refractivity (Wildman–Crippen MR) is 132 cm³/mol. The standard InChI is InChI=1S/C25H33ClN2O4S/c1-5-17(2)13-27(25(30)16-31-4)14-24(29)28-10-8-23-20(9-11-33-23)22(28)15-32-19-6-7-21(26)18(3)12-19/h6-7,9,11-12,17,22H,5,8,10,13-16H2,1-4H3/t17-,22-/m0/s1. The maximum absolute atomic E-state index is 13.5. The molecule has 2 aromatic rings. The van der Waals surface area contributed by atoms with E-state index in [1.165, 1.54) is 12.0 Å². The summed E-state index contributed by atoms with van der Waals surface area (Å²) in [6.45, 7) is 7.60. The summed E-state index contributed by atoms with van der Waals surface area (Å²) in [5.41, 5.74) is 2.07. The molecule has 3 rings (SSSR count). The van der Waals surface area contributed by atoms with Crippen LogP contribution in [0.3, 0.4) is 0 Å². The second-order valence-corrected chi connectivity index (χ2v) is 10.0. The zero-order valence-corrected chi connectivity index (χ0v) is 21.4. The lowest BCUT2D eigenvalue weighted by molar-refractivity contribution is -0.145. The molecule has 2 atom stereocenters. The predicted octanol–water partition coefficient (Wildman–Crippen LogP) is 4.74. The topological polar surface area (TPSA) is 59.1 Å². The molecule has 0 fully saturated rings. The van der Waals surface area contributed by atoms with Crippen LogP contribution in [-0.2, 0) is 20.7 Å². The van der Waals surface area contributed by atoms with Gasteiger partial charge in [-0.2, -0.15) is 0 Å². The largest absolute Gasteiger partial charge is 0.491 e. The van der Waals surface area contributed by atoms with Gasteiger partial charge in [-0.15, -0.1) is 11.3 Å². The lowest BCUT2D eigenvalue weighted by Gasteiger charge is -2.37. The minimum Gasteiger partial charge on any atom is -0.491 e. The second-order valence-electron chi connectivity index (χ2n) is 8.59. The van der Waals surface area contributed by atoms with E-state index >= 15 is 0 Å². The summed E-state index contributed by atoms with van der Waals surface area (Å²) in [6, 6.07) is 7.44. The van der Waals surface area contributed by atoms with E-state index in [1.54, 1.807) is 16.2 Å². The number of rotatable bonds is 10. The molecular weight excluding hydrogens is 460 g/mol. The second kappa shape index (κ2) is 11.9. The van der Waals surface area contributed by atoms with Gasteiger partial charge < -0.3 is 19.3 Å². The highest BCUT2D eigenvalue weighted by Crippen LogP contribution is 2.34. The Hall–Kier alpha value is -2.09. The highest BCUT2D eigenvalue weighted by Gasteiger charge is 2.33. The van der Waals surface area contributed by atoms with E-state index in [0.29, 0.717) is 30.6 Å². The molecule has 2 heterocycles. The van der Waals surface area contributed by atoms with Crippen LogP contribution >= 0.6 is 22.9 Å². The molecule has 0 bridgehead atoms. The van der Waals surface area contributed by atoms with E-state index < -0.39 is 0 Å². The Morgan fingerprint density at radius 3 is 2.82 bits per heavy atom. The van der Waals surface area contributed by atoms with Crippen molar-refractivity contribution in [1.82, 2.24) is 9.80 Å². The van der Waals surface area contributed by atoms with Crippen molar-refractivity contribution in [2.45, 2.75) is 39.7 Å². The average Bonchev–Trinajstić information content (AvgIpc) is 3.28. The smallest absolute Gasteiger partial charge is 0.249 e. The van der Waals surface area contributed by atoms with Gasteiger partial charge in [0.25, 0.3) is 0 Å². The molecule has 0 N–H and O–H groups in total. The van der Waals surface area contributed by atoms with Gasteiger partial charge in [0, 0.05) is 30.1 Å². The fourth-order valence-corrected chi connectivity index (χ4v) is 5.03. The van der Waals surface area contributed by atoms with Gasteiger partial charge in [0.05, 0.1) is 12.6 Å². The number of carbonyl (C=O) groups excluding carboxylic acids is 2. The summed E-state index contributed by atoms with van der Waals surface area (Å²) >= 11 is 7.85. The van der Waals surface area contributed by atoms with Gasteiger partial charge in [0.1, 0.15) is 19.0 Å². The summed E-state index contributed by atoms with van der Waals surface area (Å²) in [4.78, 5) is 30.9. The van der Waals surface area contributed by atoms with E-state index in [2.05, 4.69) is 25.3 Å². The summed E-state index contributed by atoms with van der Waals surface area (Å²) in [5.74, 6) is 0.792. The minimum atomic E-state index is -0.202. The van der Waals surface area contributed by atoms with Crippen molar-refractivity contribution in [3.8, 4) is 5.75 Å². The van der Waals surface area contributed by atoms with Crippen molar-refractivity contribution in [3.05, 3.63) is 50.7 Å². The molecule has 2 amide bonds. The van der Waals surface area contributed by atoms with Crippen molar-refractivity contribution in [3.63, 3.8) is 0 Å². The number of benzene rings is 1. The molecular formula is C25H33ClN2O4S. The molecule has 180 valence electrons. The number of hydrogen-bond acceptors (Lipinski definition) is 5. The number of amides is 2. The van der Waals surface area contributed by atoms with Crippen molar-refractivity contribution in [2.75, 3.05) is 40.0 Å². The monoisotopic (exact) mass is 492 g/mol. The zero-order chi connectivity index (χ0) is 24.0. The summed E-state index contributed by atoms with van der Waals surface area (Å²) in [7, 11) is 1.50. The summed E-state index contributed by atoms with van der Waals surface area (Å²) < 4.78 is 11.2. The molecule has 0 spiro atoms. The van der Waals surface area contributed by atoms with Crippen LogP contribution in [0.1, 0.15) is 42.3 Å². The van der Waals surface area contributed by atoms with E-state index in [4.69, 9.17) is 21.1 Å². The van der Waals surface area contributed by atoms with Crippen LogP contribution in [0, 0.1) is 12.8 Å². The van der Waals surface area contributed by atoms with Gasteiger partial charge in [-0.1, -0.05) is 31.9 Å². The number of halogens is 1. The Labute approximate surface area is 205 Å². The van der Waals surface area contributed by atoms with Gasteiger partial charge >= 0.3 is 0 Å². The number of thiophene rings is 1. The van der Waals surface area contributed by atoms with Crippen molar-refractivity contribution in [1.29, 1.82) is 0 Å². The number of hydrogen-bond donors (Lipinski definition) is 0. The third-order valence-electron chi connectivity index (χ3n) is 6.13. The maximum atomic E-state index is 13.5. The number of carbonyl (C=O) groups is 2. The molecule has 8 heteroatoms. The number of nitrogens with zero attached hydrogens (tertiary/aromatic N) is 2. The van der Waals surface area contributed by atoms with Crippen LogP contribution < -0.4 is 4.74 Å². The van der Waals surface area contributed by atoms with E-state index in [9.17, 15) is 9.59 Å². The first-order chi connectivity index (χ1) is 15.8. The number of fused-ring (bicyclic) bond motifs is 1. The van der Waals surface area contributed by atoms with Crippen LogP contribution in [-0.4, -0.2) is 61.6 Å². The molecule has 0 aliphatic carbocycles. The maximum Gasteiger partial charge on any atom is 0.249 e. The molecule has 1 aromatic heterocycles. The normalized spacial score (nSPS) is 16.3. The van der Waals surface area contributed by atoms with Crippen molar-refractivity contribution >= 4 is 34.8 Å². The van der Waals surface area contributed by atoms with Crippen molar-refractivity contribution in [2.24, 2.45) is 5.92 Å². The van der Waals surface area contributed by atoms with Crippen LogP contribution in [0.5, 0.6) is 5.75 Å². The van der Waals surface area contributed by atoms with Crippen molar-refractivity contribution < 1.29 is 19.1 Å². The molecule has 1 aliphatic rings. The Morgan fingerprint density at radius 1 is 1.33 bits per heavy atom. The Morgan fingerprint density at radius 2 is 2.12 bits per heavy atom. The highest BCUT2D eigenvalue weighted by molar-refractivity contribution is 7.10. The third kappa shape index (κ3) is 6.49. The summed E-state index contributed by atoms with van der Waals surface area (Å²) in [6.07, 6.45) is 1.75. The Kier molecular flexibility index (Phi) is 9.18. The average molecular weight is 493 g/mol. The first-order valence-electron chi connectivity index (χ1n) is 11.3. The molecule has 0 radical (unpaired) electrons. The molecule has 1 aliphatic heterocycles. The number of ether oxygens (including phenoxy) is 2. The lowest BCUT2D eigenvalue weighted by Crippen LogP contribution is -2.49. The Balaban J connectivity index is 1.77. The summed E-state index contributed by atoms with van der Waals surface area (Å²) in [5, 5.41) is 2.76. The minimum absolute atomic E-state index is 0.0269. The molecule has 0 saturated carbocycles. The SMILES string of the molecule is CC[C@H](C)CN(CC(=O)N1CCc2sccc2[C@@H]1COc1ccc(Cl)c(C)c1)C(=O)COC. The van der Waals surface area contributed by atoms with Gasteiger partial charge in [-0.25, -0.2) is 0 Å². The number of aryl methyl sites for hydroxylation is 1. The molecule has 1 aromatic carbocycles. The van der Waals surface area contributed by atoms with Gasteiger partial charge in [-0.05, 0) is 60.0 Å². The Bertz CT molecular complexity index is 964. The van der Waals surface area contributed by atoms with Crippen LogP contribution in [0.4, 0.5) is 0 Å². The quantitative estimate of drug-likeness (QED) is 0.481. The number of methoxy groups -OCH3 is 1. The van der Waals surface area contributed by atoms with Crippen LogP contribution in [0.15, 0.2) is 29.6 Å². The fraction of sp³-hybridized carbons (Fsp3) is 0.520. The first-order valence-corrected chi connectivity index (χ1v) is 12.6. The van der Waals surface area contributed by atoms with Crippen LogP contribution in [0.2, 0.25) is 5.02 Å².